The predicted octanol–water partition coefficient (Wildman–Crippen LogP) is 4.35. The Balaban J connectivity index is 1.67. The van der Waals surface area contributed by atoms with E-state index in [9.17, 15) is 19.8 Å². The zero-order chi connectivity index (χ0) is 23.8. The highest BCUT2D eigenvalue weighted by Gasteiger charge is 2.47. The SMILES string of the molecule is CCc1ccc(N2C(=O)C(=O)/C(=C(\O)c3ccc4c(c3)OCCO4)C2c2ccc(O)cc2)cc1. The van der Waals surface area contributed by atoms with Gasteiger partial charge in [-0.15, -0.1) is 0 Å². The van der Waals surface area contributed by atoms with Crippen molar-refractivity contribution in [2.45, 2.75) is 19.4 Å². The Labute approximate surface area is 196 Å². The van der Waals surface area contributed by atoms with Gasteiger partial charge in [0.1, 0.15) is 24.7 Å². The van der Waals surface area contributed by atoms with Crippen molar-refractivity contribution >= 4 is 23.1 Å². The van der Waals surface area contributed by atoms with Crippen molar-refractivity contribution in [3.05, 3.63) is 89.0 Å². The van der Waals surface area contributed by atoms with Crippen LogP contribution in [0, 0.1) is 0 Å². The zero-order valence-electron chi connectivity index (χ0n) is 18.5. The third-order valence-electron chi connectivity index (χ3n) is 6.09. The Bertz CT molecular complexity index is 1290. The number of aliphatic hydroxyl groups excluding tert-OH is 1. The van der Waals surface area contributed by atoms with Crippen LogP contribution in [0.5, 0.6) is 17.2 Å². The van der Waals surface area contributed by atoms with Gasteiger partial charge in [-0.05, 0) is 60.0 Å². The summed E-state index contributed by atoms with van der Waals surface area (Å²) in [6, 6.07) is 17.7. The number of anilines is 1. The van der Waals surface area contributed by atoms with Gasteiger partial charge in [-0.2, -0.15) is 0 Å². The number of fused-ring (bicyclic) bond motifs is 1. The molecule has 2 aliphatic rings. The van der Waals surface area contributed by atoms with Crippen molar-refractivity contribution in [3.8, 4) is 17.2 Å². The minimum absolute atomic E-state index is 0.0352. The summed E-state index contributed by atoms with van der Waals surface area (Å²) in [7, 11) is 0. The lowest BCUT2D eigenvalue weighted by Crippen LogP contribution is -2.29. The number of aliphatic hydroxyl groups is 1. The van der Waals surface area contributed by atoms with Crippen LogP contribution < -0.4 is 14.4 Å². The van der Waals surface area contributed by atoms with Gasteiger partial charge in [0, 0.05) is 11.3 Å². The molecule has 0 aliphatic carbocycles. The fourth-order valence-electron chi connectivity index (χ4n) is 4.31. The van der Waals surface area contributed by atoms with Crippen LogP contribution in [0.2, 0.25) is 0 Å². The highest BCUT2D eigenvalue weighted by atomic mass is 16.6. The van der Waals surface area contributed by atoms with Crippen molar-refractivity contribution in [3.63, 3.8) is 0 Å². The number of carbonyl (C=O) groups excluding carboxylic acids is 2. The Morgan fingerprint density at radius 2 is 1.62 bits per heavy atom. The number of phenolic OH excluding ortho intramolecular Hbond substituents is 1. The first-order valence-electron chi connectivity index (χ1n) is 11.1. The Hall–Kier alpha value is -4.26. The molecule has 0 spiro atoms. The third kappa shape index (κ3) is 3.65. The molecular weight excluding hydrogens is 434 g/mol. The summed E-state index contributed by atoms with van der Waals surface area (Å²) < 4.78 is 11.2. The van der Waals surface area contributed by atoms with Gasteiger partial charge in [-0.1, -0.05) is 31.2 Å². The van der Waals surface area contributed by atoms with E-state index in [1.54, 1.807) is 42.5 Å². The summed E-state index contributed by atoms with van der Waals surface area (Å²) in [5.74, 6) is -0.762. The average Bonchev–Trinajstić information content (AvgIpc) is 3.14. The maximum atomic E-state index is 13.3. The van der Waals surface area contributed by atoms with Gasteiger partial charge in [-0.3, -0.25) is 14.5 Å². The van der Waals surface area contributed by atoms with Crippen molar-refractivity contribution in [2.75, 3.05) is 18.1 Å². The summed E-state index contributed by atoms with van der Waals surface area (Å²) in [5, 5.41) is 21.1. The molecule has 0 bridgehead atoms. The highest BCUT2D eigenvalue weighted by molar-refractivity contribution is 6.51. The molecule has 172 valence electrons. The Kier molecular flexibility index (Phi) is 5.45. The number of ketones is 1. The summed E-state index contributed by atoms with van der Waals surface area (Å²) in [4.78, 5) is 27.9. The number of nitrogens with zero attached hydrogens (tertiary/aromatic N) is 1. The van der Waals surface area contributed by atoms with Crippen molar-refractivity contribution in [1.82, 2.24) is 0 Å². The van der Waals surface area contributed by atoms with Crippen LogP contribution in [-0.4, -0.2) is 35.1 Å². The van der Waals surface area contributed by atoms with Gasteiger partial charge in [-0.25, -0.2) is 0 Å². The number of hydrogen-bond donors (Lipinski definition) is 2. The van der Waals surface area contributed by atoms with Gasteiger partial charge in [0.15, 0.2) is 11.5 Å². The molecule has 1 fully saturated rings. The minimum Gasteiger partial charge on any atom is -0.508 e. The van der Waals surface area contributed by atoms with Gasteiger partial charge < -0.3 is 19.7 Å². The minimum atomic E-state index is -0.874. The number of phenols is 1. The van der Waals surface area contributed by atoms with Crippen LogP contribution in [0.15, 0.2) is 72.3 Å². The van der Waals surface area contributed by atoms with E-state index in [1.807, 2.05) is 19.1 Å². The molecule has 2 N–H and O–H groups in total. The highest BCUT2D eigenvalue weighted by Crippen LogP contribution is 2.43. The smallest absolute Gasteiger partial charge is 0.300 e. The normalized spacial score (nSPS) is 18.9. The number of hydrogen-bond acceptors (Lipinski definition) is 6. The molecule has 3 aromatic rings. The molecule has 1 unspecified atom stereocenters. The van der Waals surface area contributed by atoms with Crippen LogP contribution in [0.1, 0.15) is 29.7 Å². The first kappa shape index (κ1) is 21.6. The molecule has 1 atom stereocenters. The second-order valence-corrected chi connectivity index (χ2v) is 8.14. The quantitative estimate of drug-likeness (QED) is 0.344. The van der Waals surface area contributed by atoms with E-state index in [0.717, 1.165) is 12.0 Å². The number of rotatable bonds is 4. The van der Waals surface area contributed by atoms with Gasteiger partial charge in [0.05, 0.1) is 11.6 Å². The maximum Gasteiger partial charge on any atom is 0.300 e. The Morgan fingerprint density at radius 3 is 2.29 bits per heavy atom. The van der Waals surface area contributed by atoms with Gasteiger partial charge in [0.25, 0.3) is 11.7 Å². The fourth-order valence-corrected chi connectivity index (χ4v) is 4.31. The van der Waals surface area contributed by atoms with Crippen LogP contribution in [0.3, 0.4) is 0 Å². The molecule has 2 heterocycles. The number of aryl methyl sites for hydroxylation is 1. The summed E-state index contributed by atoms with van der Waals surface area (Å²) in [5.41, 5.74) is 2.52. The first-order chi connectivity index (χ1) is 16.5. The molecule has 1 amide bonds. The van der Waals surface area contributed by atoms with E-state index in [-0.39, 0.29) is 17.1 Å². The number of Topliss-reactive ketones (excluding diaryl/α,β-unsaturated/α-hetero) is 1. The second kappa shape index (κ2) is 8.59. The van der Waals surface area contributed by atoms with E-state index in [0.29, 0.717) is 41.5 Å². The first-order valence-corrected chi connectivity index (χ1v) is 11.1. The lowest BCUT2D eigenvalue weighted by atomic mass is 9.95. The topological polar surface area (TPSA) is 96.3 Å². The lowest BCUT2D eigenvalue weighted by molar-refractivity contribution is -0.132. The lowest BCUT2D eigenvalue weighted by Gasteiger charge is -2.26. The molecule has 1 saturated heterocycles. The van der Waals surface area contributed by atoms with E-state index < -0.39 is 17.7 Å². The zero-order valence-corrected chi connectivity index (χ0v) is 18.5. The van der Waals surface area contributed by atoms with E-state index in [4.69, 9.17) is 9.47 Å². The molecule has 34 heavy (non-hydrogen) atoms. The van der Waals surface area contributed by atoms with Crippen LogP contribution in [-0.2, 0) is 16.0 Å². The van der Waals surface area contributed by atoms with Crippen LogP contribution in [0.4, 0.5) is 5.69 Å². The largest absolute Gasteiger partial charge is 0.508 e. The molecule has 0 aromatic heterocycles. The maximum absolute atomic E-state index is 13.3. The molecule has 2 aliphatic heterocycles. The number of aromatic hydroxyl groups is 1. The molecular formula is C27H23NO6. The van der Waals surface area contributed by atoms with Crippen molar-refractivity contribution in [2.24, 2.45) is 0 Å². The molecule has 0 saturated carbocycles. The summed E-state index contributed by atoms with van der Waals surface area (Å²) in [6.07, 6.45) is 0.838. The summed E-state index contributed by atoms with van der Waals surface area (Å²) >= 11 is 0. The third-order valence-corrected chi connectivity index (χ3v) is 6.09. The second-order valence-electron chi connectivity index (χ2n) is 8.14. The Morgan fingerprint density at radius 1 is 0.941 bits per heavy atom. The molecule has 0 radical (unpaired) electrons. The van der Waals surface area contributed by atoms with Crippen LogP contribution in [0.25, 0.3) is 5.76 Å². The molecule has 7 heteroatoms. The summed E-state index contributed by atoms with van der Waals surface area (Å²) in [6.45, 7) is 2.84. The van der Waals surface area contributed by atoms with Crippen LogP contribution >= 0.6 is 0 Å². The monoisotopic (exact) mass is 457 g/mol. The van der Waals surface area contributed by atoms with E-state index in [2.05, 4.69) is 0 Å². The van der Waals surface area contributed by atoms with Gasteiger partial charge in [0.2, 0.25) is 0 Å². The standard InChI is InChI=1S/C27H23NO6/c1-2-16-3-8-19(9-4-16)28-24(17-5-10-20(29)11-6-17)23(26(31)27(28)32)25(30)18-7-12-21-22(15-18)34-14-13-33-21/h3-12,15,24,29-30H,2,13-14H2,1H3/b25-23-. The molecule has 5 rings (SSSR count). The molecule has 3 aromatic carbocycles. The molecule has 7 nitrogen and oxygen atoms in total. The van der Waals surface area contributed by atoms with E-state index in [1.165, 1.54) is 17.0 Å². The number of benzene rings is 3. The number of ether oxygens (including phenoxy) is 2. The predicted molar refractivity (Wildman–Crippen MR) is 126 cm³/mol. The van der Waals surface area contributed by atoms with Crippen molar-refractivity contribution < 1.29 is 29.3 Å². The van der Waals surface area contributed by atoms with E-state index >= 15 is 0 Å². The van der Waals surface area contributed by atoms with Crippen molar-refractivity contribution in [1.29, 1.82) is 0 Å². The number of amides is 1. The van der Waals surface area contributed by atoms with Gasteiger partial charge >= 0.3 is 0 Å². The number of carbonyl (C=O) groups is 2. The average molecular weight is 457 g/mol. The fraction of sp³-hybridized carbons (Fsp3) is 0.185.